The molecule has 0 aromatic carbocycles. The number of nitrogens with one attached hydrogen (secondary N) is 1. The van der Waals surface area contributed by atoms with Crippen molar-refractivity contribution >= 4 is 23.8 Å². The Morgan fingerprint density at radius 2 is 2.27 bits per heavy atom. The zero-order valence-electron chi connectivity index (χ0n) is 12.9. The molecule has 22 heavy (non-hydrogen) atoms. The average Bonchev–Trinajstić information content (AvgIpc) is 2.81. The van der Waals surface area contributed by atoms with E-state index in [1.807, 2.05) is 20.8 Å². The van der Waals surface area contributed by atoms with Gasteiger partial charge in [0.05, 0.1) is 11.0 Å². The Balaban J connectivity index is 0.000000295. The van der Waals surface area contributed by atoms with E-state index in [4.69, 9.17) is 11.6 Å². The van der Waals surface area contributed by atoms with Gasteiger partial charge in [0.25, 0.3) is 6.47 Å². The summed E-state index contributed by atoms with van der Waals surface area (Å²) in [5.74, 6) is 0. The second-order valence-electron chi connectivity index (χ2n) is 5.85. The Morgan fingerprint density at radius 3 is 2.64 bits per heavy atom. The van der Waals surface area contributed by atoms with Crippen LogP contribution in [0.1, 0.15) is 39.7 Å². The normalized spacial score (nSPS) is 18.1. The summed E-state index contributed by atoms with van der Waals surface area (Å²) in [7, 11) is 0. The number of carbonyl (C=O) groups is 1. The van der Waals surface area contributed by atoms with Crippen molar-refractivity contribution in [2.24, 2.45) is 0 Å². The highest BCUT2D eigenvalue weighted by atomic mass is 35.5. The van der Waals surface area contributed by atoms with E-state index in [1.54, 1.807) is 0 Å². The molecule has 1 aromatic rings. The first-order chi connectivity index (χ1) is 10.3. The third-order valence-electron chi connectivity index (χ3n) is 2.93. The molecule has 124 valence electrons. The molecule has 1 saturated heterocycles. The minimum Gasteiger partial charge on any atom is -0.462 e. The minimum absolute atomic E-state index is 0.119. The van der Waals surface area contributed by atoms with E-state index in [1.165, 1.54) is 10.9 Å². The highest BCUT2D eigenvalue weighted by Crippen LogP contribution is 2.28. The van der Waals surface area contributed by atoms with Gasteiger partial charge in [-0.25, -0.2) is 4.68 Å². The van der Waals surface area contributed by atoms with Crippen molar-refractivity contribution in [1.82, 2.24) is 15.1 Å². The van der Waals surface area contributed by atoms with Gasteiger partial charge in [0.1, 0.15) is 11.8 Å². The third kappa shape index (κ3) is 5.61. The molecule has 1 aromatic heterocycles. The van der Waals surface area contributed by atoms with Gasteiger partial charge in [-0.2, -0.15) is 5.10 Å². The van der Waals surface area contributed by atoms with Gasteiger partial charge in [-0.1, -0.05) is 11.6 Å². The second-order valence-corrected chi connectivity index (χ2v) is 6.21. The summed E-state index contributed by atoms with van der Waals surface area (Å²) in [6.07, 6.45) is 3.19. The van der Waals surface area contributed by atoms with Crippen molar-refractivity contribution in [2.45, 2.75) is 45.3 Å². The molecule has 1 fully saturated rings. The number of hydrogen-bond acceptors (Lipinski definition) is 6. The number of rotatable bonds is 3. The molecule has 0 saturated carbocycles. The van der Waals surface area contributed by atoms with Crippen LogP contribution in [0.2, 0.25) is 5.15 Å². The fourth-order valence-electron chi connectivity index (χ4n) is 1.90. The molecule has 1 aliphatic heterocycles. The van der Waals surface area contributed by atoms with Crippen LogP contribution in [-0.4, -0.2) is 39.9 Å². The van der Waals surface area contributed by atoms with Crippen LogP contribution >= 0.6 is 11.6 Å². The van der Waals surface area contributed by atoms with Crippen molar-refractivity contribution in [3.8, 4) is 0 Å². The molecule has 8 nitrogen and oxygen atoms in total. The van der Waals surface area contributed by atoms with Gasteiger partial charge in [0.15, 0.2) is 0 Å². The van der Waals surface area contributed by atoms with E-state index >= 15 is 0 Å². The van der Waals surface area contributed by atoms with Gasteiger partial charge in [0.2, 0.25) is 5.15 Å². The van der Waals surface area contributed by atoms with E-state index < -0.39 is 4.92 Å². The number of nitrogens with zero attached hydrogens (tertiary/aromatic N) is 3. The maximum absolute atomic E-state index is 10.6. The number of aromatic nitrogens is 2. The zero-order chi connectivity index (χ0) is 16.8. The first-order valence-corrected chi connectivity index (χ1v) is 7.33. The summed E-state index contributed by atoms with van der Waals surface area (Å²) < 4.78 is 6.08. The van der Waals surface area contributed by atoms with Crippen molar-refractivity contribution in [3.63, 3.8) is 0 Å². The summed E-state index contributed by atoms with van der Waals surface area (Å²) in [4.78, 5) is 19.7. The molecule has 2 rings (SSSR count). The molecule has 0 amide bonds. The largest absolute Gasteiger partial charge is 0.462 e. The predicted molar refractivity (Wildman–Crippen MR) is 81.9 cm³/mol. The zero-order valence-corrected chi connectivity index (χ0v) is 13.7. The van der Waals surface area contributed by atoms with Crippen LogP contribution in [0, 0.1) is 10.1 Å². The molecule has 2 heterocycles. The van der Waals surface area contributed by atoms with Crippen LogP contribution in [-0.2, 0) is 9.53 Å². The molecule has 0 radical (unpaired) electrons. The Morgan fingerprint density at radius 1 is 1.59 bits per heavy atom. The third-order valence-corrected chi connectivity index (χ3v) is 3.30. The molecule has 1 atom stereocenters. The van der Waals surface area contributed by atoms with Crippen LogP contribution in [0.3, 0.4) is 0 Å². The van der Waals surface area contributed by atoms with Crippen LogP contribution in [0.4, 0.5) is 5.69 Å². The van der Waals surface area contributed by atoms with E-state index in [9.17, 15) is 14.9 Å². The van der Waals surface area contributed by atoms with Crippen molar-refractivity contribution < 1.29 is 14.5 Å². The molecular weight excluding hydrogens is 312 g/mol. The molecule has 1 aliphatic rings. The maximum Gasteiger partial charge on any atom is 0.325 e. The topological polar surface area (TPSA) is 99.3 Å². The Bertz CT molecular complexity index is 507. The quantitative estimate of drug-likeness (QED) is 0.518. The van der Waals surface area contributed by atoms with Crippen LogP contribution < -0.4 is 5.32 Å². The standard InChI is InChI=1S/C8H11ClN4O2.C5H10O2/c9-8-7(13(14)15)5-11-12(8)6-2-1-3-10-4-6;1-5(2,3)7-4-6/h5-6,10H,1-4H2;4H,1-3H3/t6-;/m0./s1. The van der Waals surface area contributed by atoms with E-state index in [2.05, 4.69) is 15.2 Å². The van der Waals surface area contributed by atoms with E-state index in [0.29, 0.717) is 6.47 Å². The lowest BCUT2D eigenvalue weighted by atomic mass is 10.1. The molecule has 0 aliphatic carbocycles. The first-order valence-electron chi connectivity index (χ1n) is 6.96. The monoisotopic (exact) mass is 332 g/mol. The highest BCUT2D eigenvalue weighted by Gasteiger charge is 2.24. The molecule has 9 heteroatoms. The Labute approximate surface area is 133 Å². The van der Waals surface area contributed by atoms with Crippen molar-refractivity contribution in [3.05, 3.63) is 21.5 Å². The van der Waals surface area contributed by atoms with Crippen LogP contribution in [0.25, 0.3) is 0 Å². The molecule has 0 bridgehead atoms. The smallest absolute Gasteiger partial charge is 0.325 e. The van der Waals surface area contributed by atoms with Crippen LogP contribution in [0.5, 0.6) is 0 Å². The van der Waals surface area contributed by atoms with E-state index in [0.717, 1.165) is 25.9 Å². The number of nitro groups is 1. The maximum atomic E-state index is 10.6. The SMILES string of the molecule is CC(C)(C)OC=O.O=[N+]([O-])c1cnn([C@H]2CCCNC2)c1Cl. The number of hydrogen-bond donors (Lipinski definition) is 1. The van der Waals surface area contributed by atoms with Gasteiger partial charge >= 0.3 is 5.69 Å². The van der Waals surface area contributed by atoms with Gasteiger partial charge in [-0.15, -0.1) is 0 Å². The lowest BCUT2D eigenvalue weighted by molar-refractivity contribution is -0.384. The number of piperidine rings is 1. The summed E-state index contributed by atoms with van der Waals surface area (Å²) in [5.41, 5.74) is -0.441. The fraction of sp³-hybridized carbons (Fsp3) is 0.692. The fourth-order valence-corrected chi connectivity index (χ4v) is 2.20. The molecule has 0 spiro atoms. The molecular formula is C13H21ClN4O4. The number of ether oxygens (including phenoxy) is 1. The predicted octanol–water partition coefficient (Wildman–Crippen LogP) is 2.33. The summed E-state index contributed by atoms with van der Waals surface area (Å²) in [6, 6.07) is 0.125. The van der Waals surface area contributed by atoms with Gasteiger partial charge in [-0.3, -0.25) is 14.9 Å². The van der Waals surface area contributed by atoms with Gasteiger partial charge in [-0.05, 0) is 40.2 Å². The minimum atomic E-state index is -0.512. The molecule has 1 N–H and O–H groups in total. The Hall–Kier alpha value is -1.67. The van der Waals surface area contributed by atoms with Crippen molar-refractivity contribution in [1.29, 1.82) is 0 Å². The lowest BCUT2D eigenvalue weighted by Gasteiger charge is -2.23. The summed E-state index contributed by atoms with van der Waals surface area (Å²) in [6.45, 7) is 7.67. The molecule has 0 unspecified atom stereocenters. The second kappa shape index (κ2) is 8.09. The van der Waals surface area contributed by atoms with Gasteiger partial charge < -0.3 is 10.1 Å². The Kier molecular flexibility index (Phi) is 6.76. The van der Waals surface area contributed by atoms with E-state index in [-0.39, 0.29) is 22.5 Å². The summed E-state index contributed by atoms with van der Waals surface area (Å²) >= 11 is 5.88. The van der Waals surface area contributed by atoms with Gasteiger partial charge in [0, 0.05) is 6.54 Å². The van der Waals surface area contributed by atoms with Crippen molar-refractivity contribution in [2.75, 3.05) is 13.1 Å². The highest BCUT2D eigenvalue weighted by molar-refractivity contribution is 6.31. The lowest BCUT2D eigenvalue weighted by Crippen LogP contribution is -2.32. The number of halogens is 1. The van der Waals surface area contributed by atoms with Crippen LogP contribution in [0.15, 0.2) is 6.20 Å². The first kappa shape index (κ1) is 18.4. The average molecular weight is 333 g/mol. The summed E-state index contributed by atoms with van der Waals surface area (Å²) in [5, 5.41) is 17.9. The number of carbonyl (C=O) groups excluding carboxylic acids is 1.